The van der Waals surface area contributed by atoms with Gasteiger partial charge in [0.2, 0.25) is 23.8 Å². The molecule has 0 unspecified atom stereocenters. The molecule has 0 fully saturated rings. The first-order valence-electron chi connectivity index (χ1n) is 22.8. The molecule has 0 radical (unpaired) electrons. The molecule has 0 aliphatic rings. The molecule has 13 nitrogen and oxygen atoms in total. The van der Waals surface area contributed by atoms with Crippen molar-refractivity contribution < 1.29 is 4.79 Å². The molecule has 6 N–H and O–H groups in total. The van der Waals surface area contributed by atoms with Gasteiger partial charge >= 0.3 is 0 Å². The van der Waals surface area contributed by atoms with Crippen LogP contribution in [0.2, 0.25) is 0 Å². The van der Waals surface area contributed by atoms with Gasteiger partial charge in [-0.05, 0) is 48.6 Å². The van der Waals surface area contributed by atoms with E-state index in [0.717, 1.165) is 28.8 Å². The third-order valence-electron chi connectivity index (χ3n) is 5.80. The summed E-state index contributed by atoms with van der Waals surface area (Å²) in [5, 5.41) is 10.3. The first-order valence-corrected chi connectivity index (χ1v) is 24.9. The Balaban J connectivity index is -0.000000116. The van der Waals surface area contributed by atoms with Crippen LogP contribution in [0.1, 0.15) is 146 Å². The van der Waals surface area contributed by atoms with Crippen LogP contribution in [0.3, 0.4) is 0 Å². The number of carbonyl (C=O) groups is 1. The zero-order chi connectivity index (χ0) is 51.1. The normalized spacial score (nSPS) is 7.84. The van der Waals surface area contributed by atoms with Crippen molar-refractivity contribution >= 4 is 94.2 Å². The molecule has 6 aromatic rings. The summed E-state index contributed by atoms with van der Waals surface area (Å²) in [5.41, 5.74) is 8.77. The van der Waals surface area contributed by atoms with Crippen LogP contribution in [0.25, 0.3) is 0 Å². The summed E-state index contributed by atoms with van der Waals surface area (Å²) in [7, 11) is 0. The molecule has 378 valence electrons. The number of aldehydes is 1. The van der Waals surface area contributed by atoms with Crippen LogP contribution >= 0.6 is 46.6 Å². The molecule has 0 aliphatic carbocycles. The molecule has 0 saturated heterocycles. The zero-order valence-electron chi connectivity index (χ0n) is 43.6. The maximum atomic E-state index is 10.0. The number of nitrogen functional groups attached to an aromatic ring is 1. The minimum absolute atomic E-state index is 0. The van der Waals surface area contributed by atoms with Crippen LogP contribution in [0, 0.1) is 13.8 Å². The van der Waals surface area contributed by atoms with Crippen molar-refractivity contribution in [1.82, 2.24) is 29.9 Å². The fraction of sp³-hybridized carbons (Fsp3) is 0.385. The monoisotopic (exact) mass is 1150 g/mol. The minimum atomic E-state index is 0. The van der Waals surface area contributed by atoms with Crippen LogP contribution in [-0.4, -0.2) is 47.3 Å². The van der Waals surface area contributed by atoms with Crippen molar-refractivity contribution in [3.05, 3.63) is 144 Å². The highest BCUT2D eigenvalue weighted by Gasteiger charge is 2.04. The average Bonchev–Trinajstić information content (AvgIpc) is 3.40. The zero-order valence-corrected chi connectivity index (χ0v) is 48.1. The van der Waals surface area contributed by atoms with E-state index >= 15 is 0 Å². The van der Waals surface area contributed by atoms with Gasteiger partial charge in [-0.25, -0.2) is 11.3 Å². The molecular weight excluding hydrogens is 1060 g/mol. The lowest BCUT2D eigenvalue weighted by molar-refractivity contribution is 0.112. The maximum Gasteiger partial charge on any atom is 0.248 e. The summed E-state index contributed by atoms with van der Waals surface area (Å²) in [5.74, 6) is 8.12. The summed E-state index contributed by atoms with van der Waals surface area (Å²) >= 11 is 2.15. The number of carbonyl (C=O) groups excluding carboxylic acids is 1. The van der Waals surface area contributed by atoms with Gasteiger partial charge in [-0.15, -0.1) is 24.0 Å². The molecule has 67 heavy (non-hydrogen) atoms. The predicted molar refractivity (Wildman–Crippen MR) is 319 cm³/mol. The topological polar surface area (TPSA) is 181 Å². The highest BCUT2D eigenvalue weighted by atomic mass is 127. The van der Waals surface area contributed by atoms with Crippen LogP contribution < -0.4 is 27.3 Å². The molecule has 0 bridgehead atoms. The van der Waals surface area contributed by atoms with E-state index in [-0.39, 0.29) is 31.4 Å². The number of halogens is 2. The Kier molecular flexibility index (Phi) is 76.8. The highest BCUT2D eigenvalue weighted by molar-refractivity contribution is 14.1. The molecule has 15 heteroatoms. The molecule has 0 atom stereocenters. The van der Waals surface area contributed by atoms with Crippen molar-refractivity contribution in [2.75, 3.05) is 26.4 Å². The summed E-state index contributed by atoms with van der Waals surface area (Å²) in [6.45, 7) is 35.6. The van der Waals surface area contributed by atoms with Crippen LogP contribution in [0.5, 0.6) is 0 Å². The average molecular weight is 1150 g/mol. The van der Waals surface area contributed by atoms with Crippen molar-refractivity contribution in [2.45, 2.75) is 132 Å². The van der Waals surface area contributed by atoms with Gasteiger partial charge in [0.15, 0.2) is 0 Å². The van der Waals surface area contributed by atoms with Gasteiger partial charge in [0.25, 0.3) is 0 Å². The predicted octanol–water partition coefficient (Wildman–Crippen LogP) is 16.6. The first kappa shape index (κ1) is 79.0. The molecule has 0 spiro atoms. The van der Waals surface area contributed by atoms with E-state index in [9.17, 15) is 4.79 Å². The maximum absolute atomic E-state index is 10.0. The number of hydrazine groups is 1. The Morgan fingerprint density at radius 2 is 0.731 bits per heavy atom. The second kappa shape index (κ2) is 65.1. The number of nitrogens with zero attached hydrogens (tertiary/aromatic N) is 7. The summed E-state index contributed by atoms with van der Waals surface area (Å²) < 4.78 is 0. The summed E-state index contributed by atoms with van der Waals surface area (Å²) in [6.07, 6.45) is 2.55. The number of nitrogens with two attached hydrogens (primary N) is 1. The lowest BCUT2D eigenvalue weighted by atomic mass is 10.2. The van der Waals surface area contributed by atoms with E-state index in [1.807, 2.05) is 232 Å². The minimum Gasteiger partial charge on any atom is -0.324 e. The summed E-state index contributed by atoms with van der Waals surface area (Å²) in [4.78, 5) is 37.0. The molecule has 4 aromatic carbocycles. The standard InChI is InChI=1S/C17H16N6.C10H12N6.C7H6O.8C2H6.CH3I.CH4.HI/c1-13-19-16(21-15-10-6-3-7-11-15)22-17(20-13)23-18-12-14-8-4-2-5-9-14;1-7-12-9(15-10(13-7)16-11)14-8-5-3-2-4-6-8;8-6-7-4-2-1-3-5-7;9*1-2;;/h2-12H,1H3,(H2,19,20,21,22,23);2-6H,11H2,1H3,(H2,12,13,14,15,16);1-6H;8*1-2H3;1H3;1H4;1H/b18-12+;;;;;;;;;;;;;. The fourth-order valence-electron chi connectivity index (χ4n) is 3.73. The quantitative estimate of drug-likeness (QED) is 0.0231. The number of nitrogens with one attached hydrogen (secondary N) is 4. The SMILES string of the molecule is C.CC.CC.CC.CC.CC.CC.CC.CC.CI.Cc1nc(N/N=C/c2ccccc2)nc(Nc2ccccc2)n1.Cc1nc(NN)nc(Nc2ccccc2)n1.I.O=Cc1ccccc1. The van der Waals surface area contributed by atoms with E-state index in [1.54, 1.807) is 25.3 Å². The lowest BCUT2D eigenvalue weighted by Crippen LogP contribution is -2.13. The van der Waals surface area contributed by atoms with Crippen molar-refractivity contribution in [3.8, 4) is 0 Å². The largest absolute Gasteiger partial charge is 0.324 e. The van der Waals surface area contributed by atoms with E-state index in [4.69, 9.17) is 5.84 Å². The molecule has 2 aromatic heterocycles. The Hall–Kier alpha value is -5.14. The van der Waals surface area contributed by atoms with E-state index in [0.29, 0.717) is 35.4 Å². The van der Waals surface area contributed by atoms with Crippen molar-refractivity contribution in [3.63, 3.8) is 0 Å². The highest BCUT2D eigenvalue weighted by Crippen LogP contribution is 2.14. The van der Waals surface area contributed by atoms with Gasteiger partial charge in [0, 0.05) is 16.9 Å². The van der Waals surface area contributed by atoms with Gasteiger partial charge < -0.3 is 10.6 Å². The summed E-state index contributed by atoms with van der Waals surface area (Å²) in [6, 6.07) is 38.3. The van der Waals surface area contributed by atoms with E-state index in [2.05, 4.69) is 79.1 Å². The lowest BCUT2D eigenvalue weighted by Gasteiger charge is -2.06. The Morgan fingerprint density at radius 3 is 1.04 bits per heavy atom. The van der Waals surface area contributed by atoms with E-state index in [1.165, 1.54) is 0 Å². The number of aryl methyl sites for hydroxylation is 2. The molecule has 0 amide bonds. The van der Waals surface area contributed by atoms with Crippen LogP contribution in [0.4, 0.5) is 35.2 Å². The molecule has 0 saturated carbocycles. The number of para-hydroxylation sites is 2. The number of rotatable bonds is 9. The third kappa shape index (κ3) is 44.5. The second-order valence-corrected chi connectivity index (χ2v) is 9.50. The first-order chi connectivity index (χ1) is 32.0. The number of hydrogen-bond donors (Lipinski definition) is 5. The number of aromatic nitrogens is 6. The number of hydrazone groups is 1. The second-order valence-electron chi connectivity index (χ2n) is 9.50. The van der Waals surface area contributed by atoms with Crippen LogP contribution in [-0.2, 0) is 0 Å². The molecule has 0 aliphatic heterocycles. The Morgan fingerprint density at radius 1 is 0.448 bits per heavy atom. The van der Waals surface area contributed by atoms with Crippen molar-refractivity contribution in [1.29, 1.82) is 0 Å². The Labute approximate surface area is 439 Å². The molecule has 6 rings (SSSR count). The van der Waals surface area contributed by atoms with Gasteiger partial charge in [-0.1, -0.05) is 238 Å². The Bertz CT molecular complexity index is 1850. The molecular formula is C52H90I2N12O. The third-order valence-corrected chi connectivity index (χ3v) is 5.80. The van der Waals surface area contributed by atoms with Gasteiger partial charge in [-0.2, -0.15) is 35.0 Å². The van der Waals surface area contributed by atoms with Gasteiger partial charge in [0.1, 0.15) is 17.9 Å². The molecule has 2 heterocycles. The number of benzene rings is 4. The number of hydrogen-bond acceptors (Lipinski definition) is 13. The number of alkyl halides is 1. The van der Waals surface area contributed by atoms with Gasteiger partial charge in [-0.3, -0.25) is 10.2 Å². The van der Waals surface area contributed by atoms with E-state index < -0.39 is 0 Å². The van der Waals surface area contributed by atoms with Crippen LogP contribution in [0.15, 0.2) is 126 Å². The van der Waals surface area contributed by atoms with Gasteiger partial charge in [0.05, 0.1) is 6.21 Å². The fourth-order valence-corrected chi connectivity index (χ4v) is 3.73. The number of anilines is 6. The smallest absolute Gasteiger partial charge is 0.248 e. The van der Waals surface area contributed by atoms with Crippen molar-refractivity contribution in [2.24, 2.45) is 10.9 Å².